The Kier molecular flexibility index (Phi) is 5.62. The summed E-state index contributed by atoms with van der Waals surface area (Å²) in [5, 5.41) is 11.8. The molecule has 0 bridgehead atoms. The number of hydrogen-bond acceptors (Lipinski definition) is 1. The van der Waals surface area contributed by atoms with Crippen LogP contribution in [0.2, 0.25) is 15.1 Å². The van der Waals surface area contributed by atoms with Crippen molar-refractivity contribution in [1.82, 2.24) is 4.57 Å². The lowest BCUT2D eigenvalue weighted by molar-refractivity contribution is -0.141. The maximum absolute atomic E-state index is 14.2. The molecule has 29 heavy (non-hydrogen) atoms. The standard InChI is InChI=1S/C21H16BrCl3FNO2/c1-9(21(28)29)12-2-3-27-18-7-11(26)6-15(22)19(18)14(20(12)27)8-13-16(24)4-10(23)5-17(13)25/h4-7,9,12H,2-3,8H2,1H3,(H,28,29). The Morgan fingerprint density at radius 2 is 1.90 bits per heavy atom. The Labute approximate surface area is 190 Å². The van der Waals surface area contributed by atoms with Gasteiger partial charge in [0.2, 0.25) is 0 Å². The van der Waals surface area contributed by atoms with Crippen LogP contribution in [0, 0.1) is 11.7 Å². The average Bonchev–Trinajstić information content (AvgIpc) is 3.16. The SMILES string of the molecule is CC(C(=O)O)C1CCn2c1c(Cc1c(Cl)cc(Cl)cc1Cl)c1c(Br)cc(F)cc12. The second-order valence-electron chi connectivity index (χ2n) is 7.34. The molecule has 8 heteroatoms. The van der Waals surface area contributed by atoms with Gasteiger partial charge in [-0.1, -0.05) is 41.7 Å². The van der Waals surface area contributed by atoms with E-state index in [9.17, 15) is 14.3 Å². The van der Waals surface area contributed by atoms with Crippen molar-refractivity contribution in [1.29, 1.82) is 0 Å². The van der Waals surface area contributed by atoms with Crippen LogP contribution in [-0.4, -0.2) is 15.6 Å². The molecule has 1 aromatic heterocycles. The third kappa shape index (κ3) is 3.56. The van der Waals surface area contributed by atoms with Gasteiger partial charge in [-0.15, -0.1) is 0 Å². The first-order valence-corrected chi connectivity index (χ1v) is 11.0. The third-order valence-corrected chi connectivity index (χ3v) is 7.21. The molecule has 0 fully saturated rings. The number of hydrogen-bond donors (Lipinski definition) is 1. The molecule has 4 rings (SSSR count). The first-order valence-electron chi connectivity index (χ1n) is 9.05. The zero-order valence-corrected chi connectivity index (χ0v) is 19.1. The first kappa shape index (κ1) is 21.0. The second-order valence-corrected chi connectivity index (χ2v) is 9.45. The highest BCUT2D eigenvalue weighted by Gasteiger charge is 2.36. The van der Waals surface area contributed by atoms with Crippen LogP contribution in [0.1, 0.15) is 36.1 Å². The number of aromatic nitrogens is 1. The van der Waals surface area contributed by atoms with E-state index in [-0.39, 0.29) is 11.7 Å². The molecule has 0 saturated heterocycles. The van der Waals surface area contributed by atoms with Crippen molar-refractivity contribution in [2.45, 2.75) is 32.2 Å². The van der Waals surface area contributed by atoms with Gasteiger partial charge in [0, 0.05) is 49.5 Å². The number of nitrogens with zero attached hydrogens (tertiary/aromatic N) is 1. The normalized spacial score (nSPS) is 17.0. The molecule has 152 valence electrons. The molecule has 0 spiro atoms. The maximum atomic E-state index is 14.2. The molecule has 2 atom stereocenters. The van der Waals surface area contributed by atoms with Crippen LogP contribution in [0.3, 0.4) is 0 Å². The van der Waals surface area contributed by atoms with Crippen molar-refractivity contribution < 1.29 is 14.3 Å². The monoisotopic (exact) mass is 517 g/mol. The maximum Gasteiger partial charge on any atom is 0.306 e. The minimum absolute atomic E-state index is 0.185. The van der Waals surface area contributed by atoms with Gasteiger partial charge in [-0.25, -0.2) is 4.39 Å². The van der Waals surface area contributed by atoms with Gasteiger partial charge in [-0.05, 0) is 57.7 Å². The van der Waals surface area contributed by atoms with Crippen molar-refractivity contribution in [3.8, 4) is 0 Å². The third-order valence-electron chi connectivity index (χ3n) is 5.69. The second kappa shape index (κ2) is 7.77. The predicted molar refractivity (Wildman–Crippen MR) is 118 cm³/mol. The van der Waals surface area contributed by atoms with E-state index >= 15 is 0 Å². The van der Waals surface area contributed by atoms with E-state index in [1.54, 1.807) is 19.1 Å². The van der Waals surface area contributed by atoms with Gasteiger partial charge in [0.1, 0.15) is 5.82 Å². The van der Waals surface area contributed by atoms with E-state index in [0.29, 0.717) is 44.5 Å². The van der Waals surface area contributed by atoms with Crippen molar-refractivity contribution in [2.75, 3.05) is 0 Å². The smallest absolute Gasteiger partial charge is 0.306 e. The lowest BCUT2D eigenvalue weighted by atomic mass is 9.86. The number of fused-ring (bicyclic) bond motifs is 3. The van der Waals surface area contributed by atoms with Crippen LogP contribution in [-0.2, 0) is 17.8 Å². The molecule has 2 heterocycles. The molecule has 0 saturated carbocycles. The molecule has 2 unspecified atom stereocenters. The Morgan fingerprint density at radius 1 is 1.24 bits per heavy atom. The average molecular weight is 520 g/mol. The van der Waals surface area contributed by atoms with E-state index in [0.717, 1.165) is 22.2 Å². The van der Waals surface area contributed by atoms with Crippen molar-refractivity contribution in [3.05, 3.63) is 66.4 Å². The number of halogens is 5. The molecule has 1 aliphatic heterocycles. The first-order chi connectivity index (χ1) is 13.7. The van der Waals surface area contributed by atoms with Gasteiger partial charge in [-0.2, -0.15) is 0 Å². The van der Waals surface area contributed by atoms with Crippen LogP contribution < -0.4 is 0 Å². The number of aliphatic carboxylic acids is 1. The van der Waals surface area contributed by atoms with Crippen LogP contribution in [0.4, 0.5) is 4.39 Å². The predicted octanol–water partition coefficient (Wildman–Crippen LogP) is 7.30. The fourth-order valence-corrected chi connectivity index (χ4v) is 5.93. The van der Waals surface area contributed by atoms with E-state index in [2.05, 4.69) is 15.9 Å². The van der Waals surface area contributed by atoms with E-state index in [4.69, 9.17) is 34.8 Å². The van der Waals surface area contributed by atoms with Crippen LogP contribution in [0.25, 0.3) is 10.9 Å². The summed E-state index contributed by atoms with van der Waals surface area (Å²) in [4.78, 5) is 11.7. The summed E-state index contributed by atoms with van der Waals surface area (Å²) >= 11 is 22.4. The molecule has 0 amide bonds. The Bertz CT molecular complexity index is 1140. The summed E-state index contributed by atoms with van der Waals surface area (Å²) in [7, 11) is 0. The van der Waals surface area contributed by atoms with E-state index in [1.807, 2.05) is 4.57 Å². The van der Waals surface area contributed by atoms with E-state index in [1.165, 1.54) is 12.1 Å². The summed E-state index contributed by atoms with van der Waals surface area (Å²) < 4.78 is 16.8. The highest BCUT2D eigenvalue weighted by atomic mass is 79.9. The fraction of sp³-hybridized carbons (Fsp3) is 0.286. The van der Waals surface area contributed by atoms with E-state index < -0.39 is 11.9 Å². The Hall–Kier alpha value is -1.27. The van der Waals surface area contributed by atoms with Gasteiger partial charge >= 0.3 is 5.97 Å². The molecule has 3 aromatic rings. The van der Waals surface area contributed by atoms with Gasteiger partial charge in [0.05, 0.1) is 11.4 Å². The minimum Gasteiger partial charge on any atom is -0.481 e. The van der Waals surface area contributed by atoms with Gasteiger partial charge in [0.25, 0.3) is 0 Å². The van der Waals surface area contributed by atoms with Crippen LogP contribution in [0.15, 0.2) is 28.7 Å². The lowest BCUT2D eigenvalue weighted by Gasteiger charge is -2.18. The molecular weight excluding hydrogens is 503 g/mol. The quantitative estimate of drug-likeness (QED) is 0.393. The number of carboxylic acids is 1. The molecule has 1 N–H and O–H groups in total. The molecule has 2 aromatic carbocycles. The summed E-state index contributed by atoms with van der Waals surface area (Å²) in [6, 6.07) is 6.18. The Morgan fingerprint density at radius 3 is 2.52 bits per heavy atom. The number of carboxylic acid groups (broad SMARTS) is 1. The summed E-state index contributed by atoms with van der Waals surface area (Å²) in [6.45, 7) is 2.34. The molecule has 1 aliphatic rings. The van der Waals surface area contributed by atoms with Gasteiger partial charge in [-0.3, -0.25) is 4.79 Å². The molecular formula is C21H16BrCl3FNO2. The van der Waals surface area contributed by atoms with Crippen molar-refractivity contribution >= 4 is 67.6 Å². The zero-order valence-electron chi connectivity index (χ0n) is 15.3. The summed E-state index contributed by atoms with van der Waals surface area (Å²) in [6.07, 6.45) is 1.07. The highest BCUT2D eigenvalue weighted by Crippen LogP contribution is 2.46. The number of carbonyl (C=O) groups is 1. The topological polar surface area (TPSA) is 42.2 Å². The van der Waals surface area contributed by atoms with Crippen molar-refractivity contribution in [3.63, 3.8) is 0 Å². The minimum atomic E-state index is -0.854. The summed E-state index contributed by atoms with van der Waals surface area (Å²) in [5.41, 5.74) is 3.26. The largest absolute Gasteiger partial charge is 0.481 e. The zero-order chi connectivity index (χ0) is 21.0. The molecule has 0 aliphatic carbocycles. The Balaban J connectivity index is 1.98. The number of rotatable bonds is 4. The summed E-state index contributed by atoms with van der Waals surface area (Å²) in [5.74, 6) is -1.96. The number of aryl methyl sites for hydroxylation is 1. The lowest BCUT2D eigenvalue weighted by Crippen LogP contribution is -2.18. The van der Waals surface area contributed by atoms with Crippen molar-refractivity contribution in [2.24, 2.45) is 5.92 Å². The van der Waals surface area contributed by atoms with Crippen LogP contribution in [0.5, 0.6) is 0 Å². The van der Waals surface area contributed by atoms with Gasteiger partial charge in [0.15, 0.2) is 0 Å². The van der Waals surface area contributed by atoms with Gasteiger partial charge < -0.3 is 9.67 Å². The number of benzene rings is 2. The fourth-order valence-electron chi connectivity index (χ4n) is 4.32. The van der Waals surface area contributed by atoms with Crippen LogP contribution >= 0.6 is 50.7 Å². The molecule has 0 radical (unpaired) electrons. The molecule has 3 nitrogen and oxygen atoms in total. The highest BCUT2D eigenvalue weighted by molar-refractivity contribution is 9.10.